The molecule has 0 bridgehead atoms. The molecule has 3 rings (SSSR count). The fraction of sp³-hybridized carbons (Fsp3) is 0.375. The lowest BCUT2D eigenvalue weighted by molar-refractivity contribution is -0.145. The average Bonchev–Trinajstić information content (AvgIpc) is 2.87. The van der Waals surface area contributed by atoms with Crippen LogP contribution in [0.4, 0.5) is 10.1 Å². The van der Waals surface area contributed by atoms with Crippen LogP contribution in [-0.2, 0) is 14.3 Å². The molecule has 0 amide bonds. The van der Waals surface area contributed by atoms with E-state index in [1.54, 1.807) is 43.3 Å². The molecule has 0 aromatic heterocycles. The van der Waals surface area contributed by atoms with Crippen LogP contribution >= 0.6 is 23.2 Å². The fourth-order valence-electron chi connectivity index (χ4n) is 3.67. The van der Waals surface area contributed by atoms with E-state index in [0.29, 0.717) is 27.6 Å². The van der Waals surface area contributed by atoms with Gasteiger partial charge in [0.05, 0.1) is 30.8 Å². The highest BCUT2D eigenvalue weighted by atomic mass is 35.5. The van der Waals surface area contributed by atoms with Gasteiger partial charge in [-0.25, -0.2) is 4.39 Å². The van der Waals surface area contributed by atoms with Crippen molar-refractivity contribution in [3.05, 3.63) is 57.6 Å². The molecule has 1 heterocycles. The van der Waals surface area contributed by atoms with Crippen LogP contribution in [0.2, 0.25) is 10.0 Å². The van der Waals surface area contributed by atoms with Crippen LogP contribution in [0.15, 0.2) is 36.4 Å². The maximum Gasteiger partial charge on any atom is 0.308 e. The van der Waals surface area contributed by atoms with E-state index in [-0.39, 0.29) is 23.9 Å². The molecule has 2 aromatic carbocycles. The molecular formula is C24H26Cl2FN3O4. The van der Waals surface area contributed by atoms with E-state index in [2.05, 4.69) is 0 Å². The number of anilines is 1. The molecule has 0 saturated carbocycles. The van der Waals surface area contributed by atoms with Gasteiger partial charge in [0, 0.05) is 16.1 Å². The minimum Gasteiger partial charge on any atom is -0.495 e. The predicted molar refractivity (Wildman–Crippen MR) is 131 cm³/mol. The van der Waals surface area contributed by atoms with Crippen molar-refractivity contribution >= 4 is 46.5 Å². The molecule has 7 nitrogen and oxygen atoms in total. The predicted octanol–water partition coefficient (Wildman–Crippen LogP) is 5.95. The summed E-state index contributed by atoms with van der Waals surface area (Å²) in [5.41, 5.74) is -0.822. The molecule has 10 heteroatoms. The van der Waals surface area contributed by atoms with Crippen molar-refractivity contribution in [2.75, 3.05) is 18.6 Å². The van der Waals surface area contributed by atoms with Crippen molar-refractivity contribution in [1.29, 1.82) is 10.8 Å². The van der Waals surface area contributed by atoms with E-state index in [1.807, 2.05) is 0 Å². The zero-order chi connectivity index (χ0) is 25.2. The number of hydrogen-bond donors (Lipinski definition) is 2. The van der Waals surface area contributed by atoms with Crippen LogP contribution in [0.1, 0.15) is 44.4 Å². The molecule has 1 aliphatic rings. The average molecular weight is 510 g/mol. The Hall–Kier alpha value is -2.68. The van der Waals surface area contributed by atoms with E-state index >= 15 is 0 Å². The quantitative estimate of drug-likeness (QED) is 0.284. The molecule has 0 aliphatic carbocycles. The van der Waals surface area contributed by atoms with Crippen LogP contribution in [-0.4, -0.2) is 43.1 Å². The third-order valence-electron chi connectivity index (χ3n) is 5.30. The lowest BCUT2D eigenvalue weighted by atomic mass is 9.98. The summed E-state index contributed by atoms with van der Waals surface area (Å²) in [5.74, 6) is -0.963. The van der Waals surface area contributed by atoms with Crippen LogP contribution in [0.3, 0.4) is 0 Å². The Balaban J connectivity index is 2.26. The second-order valence-electron chi connectivity index (χ2n) is 8.12. The second-order valence-corrected chi connectivity index (χ2v) is 8.94. The monoisotopic (exact) mass is 509 g/mol. The van der Waals surface area contributed by atoms with Gasteiger partial charge in [-0.15, -0.1) is 0 Å². The first-order valence-electron chi connectivity index (χ1n) is 10.6. The number of benzene rings is 2. The Morgan fingerprint density at radius 3 is 2.56 bits per heavy atom. The number of esters is 1. The zero-order valence-corrected chi connectivity index (χ0v) is 20.8. The second kappa shape index (κ2) is 10.3. The Morgan fingerprint density at radius 2 is 1.94 bits per heavy atom. The van der Waals surface area contributed by atoms with Gasteiger partial charge in [0.2, 0.25) is 0 Å². The molecular weight excluding hydrogens is 484 g/mol. The van der Waals surface area contributed by atoms with Crippen molar-refractivity contribution < 1.29 is 23.4 Å². The first-order valence-corrected chi connectivity index (χ1v) is 11.3. The van der Waals surface area contributed by atoms with E-state index in [9.17, 15) is 9.18 Å². The van der Waals surface area contributed by atoms with Gasteiger partial charge < -0.3 is 14.2 Å². The van der Waals surface area contributed by atoms with Gasteiger partial charge >= 0.3 is 5.97 Å². The summed E-state index contributed by atoms with van der Waals surface area (Å²) in [6.45, 7) is 4.26. The molecule has 0 fully saturated rings. The van der Waals surface area contributed by atoms with Gasteiger partial charge in [-0.1, -0.05) is 35.3 Å². The van der Waals surface area contributed by atoms with Crippen molar-refractivity contribution in [3.8, 4) is 5.75 Å². The number of amidine groups is 2. The van der Waals surface area contributed by atoms with Crippen molar-refractivity contribution in [3.63, 3.8) is 0 Å². The Bertz CT molecular complexity index is 1120. The maximum atomic E-state index is 15.0. The van der Waals surface area contributed by atoms with Gasteiger partial charge in [-0.05, 0) is 45.0 Å². The largest absolute Gasteiger partial charge is 0.495 e. The van der Waals surface area contributed by atoms with Gasteiger partial charge in [0.1, 0.15) is 29.6 Å². The minimum absolute atomic E-state index is 0.150. The van der Waals surface area contributed by atoms with Crippen LogP contribution in [0.25, 0.3) is 0 Å². The summed E-state index contributed by atoms with van der Waals surface area (Å²) in [5, 5.41) is 18.0. The van der Waals surface area contributed by atoms with Gasteiger partial charge in [-0.3, -0.25) is 20.5 Å². The first-order chi connectivity index (χ1) is 16.0. The molecule has 1 unspecified atom stereocenters. The van der Waals surface area contributed by atoms with E-state index in [0.717, 1.165) is 4.90 Å². The van der Waals surface area contributed by atoms with E-state index < -0.39 is 29.7 Å². The van der Waals surface area contributed by atoms with E-state index in [1.165, 1.54) is 21.0 Å². The van der Waals surface area contributed by atoms with Gasteiger partial charge in [-0.2, -0.15) is 0 Å². The number of alkyl halides is 1. The number of fused-ring (bicyclic) bond motifs is 1. The summed E-state index contributed by atoms with van der Waals surface area (Å²) in [6, 6.07) is 9.93. The molecule has 1 aliphatic heterocycles. The van der Waals surface area contributed by atoms with Crippen molar-refractivity contribution in [2.45, 2.75) is 45.1 Å². The number of rotatable bonds is 6. The number of halogens is 3. The zero-order valence-electron chi connectivity index (χ0n) is 19.2. The van der Waals surface area contributed by atoms with Crippen molar-refractivity contribution in [1.82, 2.24) is 0 Å². The Labute approximate surface area is 207 Å². The highest BCUT2D eigenvalue weighted by molar-refractivity contribution is 6.33. The SMILES string of the molecule is CCOC(=O)CC1O[C@H](c2cccc(OC)c2Cl)c2cc(Cl)ccc2N(C(=N)C(C)(C)F)C1=N. The Kier molecular flexibility index (Phi) is 7.85. The number of nitrogens with zero attached hydrogens (tertiary/aromatic N) is 1. The highest BCUT2D eigenvalue weighted by Gasteiger charge is 2.41. The van der Waals surface area contributed by atoms with Crippen molar-refractivity contribution in [2.24, 2.45) is 0 Å². The Morgan fingerprint density at radius 1 is 1.24 bits per heavy atom. The number of methoxy groups -OCH3 is 1. The number of ether oxygens (including phenoxy) is 3. The minimum atomic E-state index is -2.09. The topological polar surface area (TPSA) is 95.7 Å². The summed E-state index contributed by atoms with van der Waals surface area (Å²) >= 11 is 12.9. The molecule has 2 atom stereocenters. The normalized spacial score (nSPS) is 18.2. The number of hydrogen-bond acceptors (Lipinski definition) is 6. The number of carbonyl (C=O) groups is 1. The van der Waals surface area contributed by atoms with Gasteiger partial charge in [0.25, 0.3) is 0 Å². The third kappa shape index (κ3) is 5.19. The maximum absolute atomic E-state index is 15.0. The number of nitrogens with one attached hydrogen (secondary N) is 2. The molecule has 0 radical (unpaired) electrons. The lowest BCUT2D eigenvalue weighted by Crippen LogP contribution is -2.49. The number of carbonyl (C=O) groups excluding carboxylic acids is 1. The van der Waals surface area contributed by atoms with Gasteiger partial charge in [0.15, 0.2) is 5.67 Å². The summed E-state index contributed by atoms with van der Waals surface area (Å²) in [7, 11) is 1.48. The standard InChI is InChI=1S/C24H26Cl2FN3O4/c1-5-33-19(31)12-18-22(28)30(23(29)24(2,3)27)16-10-9-13(25)11-15(16)21(34-18)14-7-6-8-17(32-4)20(14)26/h6-11,18,21,28-29H,5,12H2,1-4H3/t18?,21-/m1/s1. The molecule has 2 N–H and O–H groups in total. The fourth-order valence-corrected chi connectivity index (χ4v) is 4.15. The molecule has 2 aromatic rings. The smallest absolute Gasteiger partial charge is 0.308 e. The first kappa shape index (κ1) is 25.9. The van der Waals surface area contributed by atoms with Crippen LogP contribution in [0, 0.1) is 10.8 Å². The highest BCUT2D eigenvalue weighted by Crippen LogP contribution is 2.44. The molecule has 0 spiro atoms. The molecule has 34 heavy (non-hydrogen) atoms. The third-order valence-corrected chi connectivity index (χ3v) is 5.94. The van der Waals surface area contributed by atoms with E-state index in [4.69, 9.17) is 48.2 Å². The summed E-state index contributed by atoms with van der Waals surface area (Å²) in [4.78, 5) is 13.5. The summed E-state index contributed by atoms with van der Waals surface area (Å²) in [6.07, 6.45) is -2.39. The molecule has 0 saturated heterocycles. The van der Waals surface area contributed by atoms with Crippen LogP contribution in [0.5, 0.6) is 5.75 Å². The summed E-state index contributed by atoms with van der Waals surface area (Å²) < 4.78 is 31.7. The lowest BCUT2D eigenvalue weighted by Gasteiger charge is -2.31. The molecule has 182 valence electrons. The van der Waals surface area contributed by atoms with Crippen LogP contribution < -0.4 is 9.64 Å².